The normalized spacial score (nSPS) is 9.93. The van der Waals surface area contributed by atoms with Crippen LogP contribution in [0.4, 0.5) is 11.4 Å². The fourth-order valence-electron chi connectivity index (χ4n) is 2.72. The number of rotatable bonds is 6. The monoisotopic (exact) mass is 385 g/mol. The molecule has 0 aliphatic rings. The number of para-hydroxylation sites is 1. The highest BCUT2D eigenvalue weighted by Crippen LogP contribution is 2.20. The van der Waals surface area contributed by atoms with Crippen LogP contribution in [0.25, 0.3) is 0 Å². The minimum absolute atomic E-state index is 0.314. The summed E-state index contributed by atoms with van der Waals surface area (Å²) in [7, 11) is 1.56. The molecule has 3 rings (SSSR count). The van der Waals surface area contributed by atoms with E-state index < -0.39 is 0 Å². The minimum Gasteiger partial charge on any atom is -0.497 e. The molecule has 0 fully saturated rings. The molecule has 0 saturated carbocycles. The summed E-state index contributed by atoms with van der Waals surface area (Å²) in [5.41, 5.74) is 2.68. The maximum atomic E-state index is 12.7. The van der Waals surface area contributed by atoms with Crippen LogP contribution in [0.15, 0.2) is 72.8 Å². The lowest BCUT2D eigenvalue weighted by Crippen LogP contribution is -2.18. The summed E-state index contributed by atoms with van der Waals surface area (Å²) in [6, 6.07) is 22.6. The molecular weight excluding hydrogens is 366 g/mol. The van der Waals surface area contributed by atoms with E-state index in [1.165, 1.54) is 0 Å². The van der Waals surface area contributed by atoms with Crippen molar-refractivity contribution in [2.24, 2.45) is 0 Å². The van der Waals surface area contributed by atoms with E-state index in [1.54, 1.807) is 79.9 Å². The van der Waals surface area contributed by atoms with E-state index in [9.17, 15) is 9.59 Å². The van der Waals surface area contributed by atoms with E-state index in [0.717, 1.165) is 5.56 Å². The molecule has 6 heteroatoms. The molecule has 144 valence electrons. The summed E-state index contributed by atoms with van der Waals surface area (Å²) < 4.78 is 5.09. The van der Waals surface area contributed by atoms with Crippen LogP contribution < -0.4 is 15.4 Å². The third kappa shape index (κ3) is 4.99. The van der Waals surface area contributed by atoms with Gasteiger partial charge in [0.2, 0.25) is 0 Å². The molecule has 0 bridgehead atoms. The molecule has 3 aromatic rings. The summed E-state index contributed by atoms with van der Waals surface area (Å²) in [5, 5.41) is 14.3. The van der Waals surface area contributed by atoms with E-state index in [2.05, 4.69) is 16.7 Å². The third-order valence-corrected chi connectivity index (χ3v) is 4.27. The van der Waals surface area contributed by atoms with E-state index >= 15 is 0 Å². The molecule has 3 aromatic carbocycles. The number of carbonyl (C=O) groups is 2. The second kappa shape index (κ2) is 9.20. The van der Waals surface area contributed by atoms with E-state index in [-0.39, 0.29) is 11.8 Å². The molecule has 0 unspecified atom stereocenters. The van der Waals surface area contributed by atoms with Gasteiger partial charge in [-0.15, -0.1) is 0 Å². The Morgan fingerprint density at radius 2 is 1.59 bits per heavy atom. The van der Waals surface area contributed by atoms with Crippen LogP contribution in [-0.4, -0.2) is 18.9 Å². The van der Waals surface area contributed by atoms with Crippen LogP contribution in [-0.2, 0) is 6.42 Å². The lowest BCUT2D eigenvalue weighted by atomic mass is 10.1. The Kier molecular flexibility index (Phi) is 6.23. The second-order valence-corrected chi connectivity index (χ2v) is 6.21. The predicted octanol–water partition coefficient (Wildman–Crippen LogP) is 4.27. The van der Waals surface area contributed by atoms with E-state index in [0.29, 0.717) is 34.7 Å². The molecule has 6 nitrogen and oxygen atoms in total. The maximum absolute atomic E-state index is 12.7. The van der Waals surface area contributed by atoms with Crippen LogP contribution in [0, 0.1) is 11.3 Å². The zero-order chi connectivity index (χ0) is 20.6. The largest absolute Gasteiger partial charge is 0.497 e. The molecule has 0 spiro atoms. The highest BCUT2D eigenvalue weighted by atomic mass is 16.5. The molecule has 2 N–H and O–H groups in total. The quantitative estimate of drug-likeness (QED) is 0.663. The first-order chi connectivity index (χ1) is 14.1. The number of ether oxygens (including phenoxy) is 1. The summed E-state index contributed by atoms with van der Waals surface area (Å²) in [4.78, 5) is 25.3. The number of anilines is 2. The van der Waals surface area contributed by atoms with Crippen molar-refractivity contribution >= 4 is 23.2 Å². The van der Waals surface area contributed by atoms with Gasteiger partial charge in [0.25, 0.3) is 11.8 Å². The third-order valence-electron chi connectivity index (χ3n) is 4.27. The number of nitrogens with one attached hydrogen (secondary N) is 2. The van der Waals surface area contributed by atoms with Crippen molar-refractivity contribution in [2.75, 3.05) is 17.7 Å². The minimum atomic E-state index is -0.344. The fourth-order valence-corrected chi connectivity index (χ4v) is 2.72. The molecule has 0 aliphatic carbocycles. The molecule has 0 aliphatic heterocycles. The molecule has 0 aromatic heterocycles. The lowest BCUT2D eigenvalue weighted by Gasteiger charge is -2.12. The van der Waals surface area contributed by atoms with Crippen LogP contribution >= 0.6 is 0 Å². The molecule has 29 heavy (non-hydrogen) atoms. The molecule has 0 saturated heterocycles. The number of hydrogen-bond donors (Lipinski definition) is 2. The first-order valence-corrected chi connectivity index (χ1v) is 8.92. The van der Waals surface area contributed by atoms with Crippen molar-refractivity contribution in [1.29, 1.82) is 5.26 Å². The van der Waals surface area contributed by atoms with Gasteiger partial charge < -0.3 is 15.4 Å². The molecule has 0 heterocycles. The average Bonchev–Trinajstić information content (AvgIpc) is 2.75. The Hall–Kier alpha value is -4.11. The fraction of sp³-hybridized carbons (Fsp3) is 0.0870. The summed E-state index contributed by atoms with van der Waals surface area (Å²) in [6.07, 6.45) is 0.314. The van der Waals surface area contributed by atoms with E-state index in [4.69, 9.17) is 10.00 Å². The lowest BCUT2D eigenvalue weighted by molar-refractivity contribution is 0.102. The zero-order valence-electron chi connectivity index (χ0n) is 15.8. The first kappa shape index (κ1) is 19.6. The number of nitriles is 1. The van der Waals surface area contributed by atoms with Gasteiger partial charge in [-0.1, -0.05) is 24.3 Å². The van der Waals surface area contributed by atoms with Crippen molar-refractivity contribution in [3.05, 3.63) is 89.5 Å². The van der Waals surface area contributed by atoms with E-state index in [1.807, 2.05) is 0 Å². The van der Waals surface area contributed by atoms with Crippen molar-refractivity contribution in [3.63, 3.8) is 0 Å². The van der Waals surface area contributed by atoms with Crippen molar-refractivity contribution < 1.29 is 14.3 Å². The van der Waals surface area contributed by atoms with Gasteiger partial charge >= 0.3 is 0 Å². The summed E-state index contributed by atoms with van der Waals surface area (Å²) in [6.45, 7) is 0. The maximum Gasteiger partial charge on any atom is 0.257 e. The molecule has 0 radical (unpaired) electrons. The van der Waals surface area contributed by atoms with Gasteiger partial charge in [0.15, 0.2) is 0 Å². The zero-order valence-corrected chi connectivity index (χ0v) is 15.8. The topological polar surface area (TPSA) is 91.2 Å². The summed E-state index contributed by atoms with van der Waals surface area (Å²) in [5.74, 6) is -0.0143. The number of carbonyl (C=O) groups excluding carboxylic acids is 2. The number of hydrogen-bond acceptors (Lipinski definition) is 4. The van der Waals surface area contributed by atoms with Crippen molar-refractivity contribution in [3.8, 4) is 11.8 Å². The Morgan fingerprint density at radius 3 is 2.24 bits per heavy atom. The Bertz CT molecular complexity index is 1050. The van der Waals surface area contributed by atoms with Crippen LogP contribution in [0.2, 0.25) is 0 Å². The predicted molar refractivity (Wildman–Crippen MR) is 111 cm³/mol. The van der Waals surface area contributed by atoms with Gasteiger partial charge in [-0.25, -0.2) is 0 Å². The van der Waals surface area contributed by atoms with Gasteiger partial charge in [-0.05, 0) is 54.1 Å². The second-order valence-electron chi connectivity index (χ2n) is 6.21. The number of benzene rings is 3. The highest BCUT2D eigenvalue weighted by Gasteiger charge is 2.14. The Balaban J connectivity index is 1.74. The van der Waals surface area contributed by atoms with Crippen LogP contribution in [0.3, 0.4) is 0 Å². The molecule has 2 amide bonds. The summed E-state index contributed by atoms with van der Waals surface area (Å²) >= 11 is 0. The Labute approximate surface area is 168 Å². The van der Waals surface area contributed by atoms with Crippen LogP contribution in [0.1, 0.15) is 26.3 Å². The number of amides is 2. The SMILES string of the molecule is COc1ccc(C(=O)Nc2ccccc2C(=O)Nc2ccc(CC#N)cc2)cc1. The van der Waals surface area contributed by atoms with Crippen molar-refractivity contribution in [2.45, 2.75) is 6.42 Å². The number of methoxy groups -OCH3 is 1. The Morgan fingerprint density at radius 1 is 0.897 bits per heavy atom. The van der Waals surface area contributed by atoms with Crippen molar-refractivity contribution in [1.82, 2.24) is 0 Å². The molecular formula is C23H19N3O3. The van der Waals surface area contributed by atoms with Gasteiger partial charge in [0.1, 0.15) is 5.75 Å². The highest BCUT2D eigenvalue weighted by molar-refractivity contribution is 6.12. The van der Waals surface area contributed by atoms with Gasteiger partial charge in [0.05, 0.1) is 30.9 Å². The smallest absolute Gasteiger partial charge is 0.257 e. The standard InChI is InChI=1S/C23H19N3O3/c1-29-19-12-8-17(9-13-19)22(27)26-21-5-3-2-4-20(21)23(28)25-18-10-6-16(7-11-18)14-15-24/h2-13H,14H2,1H3,(H,25,28)(H,26,27). The van der Waals surface area contributed by atoms with Gasteiger partial charge in [0, 0.05) is 11.3 Å². The first-order valence-electron chi connectivity index (χ1n) is 8.92. The van der Waals surface area contributed by atoms with Crippen LogP contribution in [0.5, 0.6) is 5.75 Å². The van der Waals surface area contributed by atoms with Gasteiger partial charge in [-0.3, -0.25) is 9.59 Å². The average molecular weight is 385 g/mol. The number of nitrogens with zero attached hydrogens (tertiary/aromatic N) is 1. The molecule has 0 atom stereocenters. The van der Waals surface area contributed by atoms with Gasteiger partial charge in [-0.2, -0.15) is 5.26 Å².